The van der Waals surface area contributed by atoms with Crippen LogP contribution in [-0.2, 0) is 0 Å². The summed E-state index contributed by atoms with van der Waals surface area (Å²) in [5, 5.41) is -0.947. The number of nitrogens with zero attached hydrogens (tertiary/aromatic N) is 1. The van der Waals surface area contributed by atoms with Gasteiger partial charge >= 0.3 is 0 Å². The van der Waals surface area contributed by atoms with Crippen molar-refractivity contribution in [3.8, 4) is 0 Å². The first-order chi connectivity index (χ1) is 9.91. The Morgan fingerprint density at radius 1 is 1.05 bits per heavy atom. The van der Waals surface area contributed by atoms with Crippen LogP contribution in [0.3, 0.4) is 0 Å². The summed E-state index contributed by atoms with van der Waals surface area (Å²) in [6, 6.07) is 8.85. The van der Waals surface area contributed by atoms with Crippen molar-refractivity contribution in [2.75, 3.05) is 11.9 Å². The monoisotopic (exact) mass is 309 g/mol. The standard InChI is InChI=1S/C15H10ClF2NO2/c1-19(15(21)9-5-7-10(17)8-6-9)12-4-2-3-11(13(12)18)14(16)20/h2-8H,1H3. The lowest BCUT2D eigenvalue weighted by Gasteiger charge is -2.18. The second kappa shape index (κ2) is 6.01. The summed E-state index contributed by atoms with van der Waals surface area (Å²) in [6.45, 7) is 0. The first kappa shape index (κ1) is 15.1. The smallest absolute Gasteiger partial charge is 0.258 e. The molecule has 0 bridgehead atoms. The molecule has 1 amide bonds. The molecule has 0 saturated heterocycles. The molecule has 0 atom stereocenters. The zero-order chi connectivity index (χ0) is 15.6. The van der Waals surface area contributed by atoms with Crippen LogP contribution in [0.5, 0.6) is 0 Å². The summed E-state index contributed by atoms with van der Waals surface area (Å²) >= 11 is 5.28. The molecule has 0 saturated carbocycles. The van der Waals surface area contributed by atoms with Gasteiger partial charge in [-0.25, -0.2) is 8.78 Å². The molecule has 6 heteroatoms. The molecule has 0 heterocycles. The van der Waals surface area contributed by atoms with Crippen LogP contribution in [0, 0.1) is 11.6 Å². The van der Waals surface area contributed by atoms with Crippen molar-refractivity contribution in [1.29, 1.82) is 0 Å². The summed E-state index contributed by atoms with van der Waals surface area (Å²) in [6.07, 6.45) is 0. The Bertz CT molecular complexity index is 701. The number of amides is 1. The molecule has 0 aliphatic heterocycles. The van der Waals surface area contributed by atoms with Crippen LogP contribution >= 0.6 is 11.6 Å². The Kier molecular flexibility index (Phi) is 4.33. The third kappa shape index (κ3) is 3.08. The minimum Gasteiger partial charge on any atom is -0.309 e. The lowest BCUT2D eigenvalue weighted by atomic mass is 10.1. The number of anilines is 1. The summed E-state index contributed by atoms with van der Waals surface area (Å²) < 4.78 is 27.0. The van der Waals surface area contributed by atoms with Crippen molar-refractivity contribution in [3.05, 3.63) is 65.2 Å². The predicted molar refractivity (Wildman–Crippen MR) is 75.7 cm³/mol. The van der Waals surface area contributed by atoms with E-state index in [9.17, 15) is 18.4 Å². The summed E-state index contributed by atoms with van der Waals surface area (Å²) in [5.41, 5.74) is -0.204. The number of benzene rings is 2. The van der Waals surface area contributed by atoms with Gasteiger partial charge in [0.1, 0.15) is 5.82 Å². The van der Waals surface area contributed by atoms with Crippen molar-refractivity contribution in [3.63, 3.8) is 0 Å². The molecule has 2 aromatic carbocycles. The Hall–Kier alpha value is -2.27. The molecule has 0 radical (unpaired) electrons. The van der Waals surface area contributed by atoms with Crippen molar-refractivity contribution < 1.29 is 18.4 Å². The Morgan fingerprint density at radius 3 is 2.24 bits per heavy atom. The van der Waals surface area contributed by atoms with Gasteiger partial charge in [0.05, 0.1) is 11.3 Å². The minimum absolute atomic E-state index is 0.0872. The van der Waals surface area contributed by atoms with E-state index in [4.69, 9.17) is 11.6 Å². The molecular formula is C15H10ClF2NO2. The quantitative estimate of drug-likeness (QED) is 0.812. The van der Waals surface area contributed by atoms with Gasteiger partial charge in [-0.3, -0.25) is 9.59 Å². The first-order valence-electron chi connectivity index (χ1n) is 5.94. The number of hydrogen-bond donors (Lipinski definition) is 0. The second-order valence-corrected chi connectivity index (χ2v) is 4.63. The lowest BCUT2D eigenvalue weighted by molar-refractivity contribution is 0.0990. The van der Waals surface area contributed by atoms with Crippen LogP contribution in [-0.4, -0.2) is 18.2 Å². The van der Waals surface area contributed by atoms with E-state index in [1.807, 2.05) is 0 Å². The van der Waals surface area contributed by atoms with Gasteiger partial charge in [-0.1, -0.05) is 6.07 Å². The normalized spacial score (nSPS) is 10.3. The Labute approximate surface area is 124 Å². The van der Waals surface area contributed by atoms with Crippen LogP contribution in [0.2, 0.25) is 0 Å². The summed E-state index contributed by atoms with van der Waals surface area (Å²) in [7, 11) is 1.35. The third-order valence-corrected chi connectivity index (χ3v) is 3.15. The molecule has 2 rings (SSSR count). The van der Waals surface area contributed by atoms with E-state index in [1.165, 1.54) is 37.4 Å². The molecule has 0 unspecified atom stereocenters. The molecular weight excluding hydrogens is 300 g/mol. The average Bonchev–Trinajstić information content (AvgIpc) is 2.46. The minimum atomic E-state index is -0.947. The number of halogens is 3. The molecule has 108 valence electrons. The maximum absolute atomic E-state index is 14.2. The number of rotatable bonds is 3. The Morgan fingerprint density at radius 2 is 1.67 bits per heavy atom. The molecule has 0 N–H and O–H groups in total. The number of hydrogen-bond acceptors (Lipinski definition) is 2. The van der Waals surface area contributed by atoms with Gasteiger partial charge in [-0.2, -0.15) is 0 Å². The van der Waals surface area contributed by atoms with Crippen LogP contribution < -0.4 is 4.90 Å². The highest BCUT2D eigenvalue weighted by Gasteiger charge is 2.20. The zero-order valence-electron chi connectivity index (χ0n) is 10.9. The lowest BCUT2D eigenvalue weighted by Crippen LogP contribution is -2.27. The summed E-state index contributed by atoms with van der Waals surface area (Å²) in [4.78, 5) is 24.3. The topological polar surface area (TPSA) is 37.4 Å². The van der Waals surface area contributed by atoms with E-state index in [0.717, 1.165) is 17.0 Å². The van der Waals surface area contributed by atoms with E-state index < -0.39 is 22.8 Å². The van der Waals surface area contributed by atoms with Crippen LogP contribution in [0.4, 0.5) is 14.5 Å². The maximum Gasteiger partial charge on any atom is 0.258 e. The SMILES string of the molecule is CN(C(=O)c1ccc(F)cc1)c1cccc(C(=O)Cl)c1F. The predicted octanol–water partition coefficient (Wildman–Crippen LogP) is 3.62. The van der Waals surface area contributed by atoms with Gasteiger partial charge in [0.2, 0.25) is 0 Å². The van der Waals surface area contributed by atoms with Crippen molar-refractivity contribution in [2.24, 2.45) is 0 Å². The maximum atomic E-state index is 14.2. The highest BCUT2D eigenvalue weighted by molar-refractivity contribution is 6.67. The number of carbonyl (C=O) groups excluding carboxylic acids is 2. The molecule has 0 fully saturated rings. The van der Waals surface area contributed by atoms with Gasteiger partial charge in [0.25, 0.3) is 11.1 Å². The van der Waals surface area contributed by atoms with Crippen molar-refractivity contribution in [2.45, 2.75) is 0 Å². The first-order valence-corrected chi connectivity index (χ1v) is 6.31. The highest BCUT2D eigenvalue weighted by atomic mass is 35.5. The molecule has 21 heavy (non-hydrogen) atoms. The molecule has 3 nitrogen and oxygen atoms in total. The van der Waals surface area contributed by atoms with E-state index in [2.05, 4.69) is 0 Å². The fourth-order valence-corrected chi connectivity index (χ4v) is 1.97. The molecule has 2 aromatic rings. The molecule has 0 spiro atoms. The van der Waals surface area contributed by atoms with Gasteiger partial charge < -0.3 is 4.90 Å². The van der Waals surface area contributed by atoms with Gasteiger partial charge in [0, 0.05) is 12.6 Å². The number of carbonyl (C=O) groups is 2. The second-order valence-electron chi connectivity index (χ2n) is 4.28. The molecule has 0 aliphatic rings. The largest absolute Gasteiger partial charge is 0.309 e. The third-order valence-electron chi connectivity index (χ3n) is 2.95. The van der Waals surface area contributed by atoms with E-state index in [1.54, 1.807) is 0 Å². The van der Waals surface area contributed by atoms with Gasteiger partial charge in [-0.05, 0) is 48.0 Å². The average molecular weight is 310 g/mol. The van der Waals surface area contributed by atoms with Crippen LogP contribution in [0.1, 0.15) is 20.7 Å². The van der Waals surface area contributed by atoms with Crippen molar-refractivity contribution in [1.82, 2.24) is 0 Å². The molecule has 0 aromatic heterocycles. The fourth-order valence-electron chi connectivity index (χ4n) is 1.83. The van der Waals surface area contributed by atoms with Crippen molar-refractivity contribution >= 4 is 28.4 Å². The van der Waals surface area contributed by atoms with Crippen LogP contribution in [0.25, 0.3) is 0 Å². The zero-order valence-corrected chi connectivity index (χ0v) is 11.7. The summed E-state index contributed by atoms with van der Waals surface area (Å²) in [5.74, 6) is -1.89. The molecule has 0 aliphatic carbocycles. The van der Waals surface area contributed by atoms with Crippen LogP contribution in [0.15, 0.2) is 42.5 Å². The van der Waals surface area contributed by atoms with Gasteiger partial charge in [-0.15, -0.1) is 0 Å². The van der Waals surface area contributed by atoms with E-state index in [-0.39, 0.29) is 16.8 Å². The Balaban J connectivity index is 2.38. The fraction of sp³-hybridized carbons (Fsp3) is 0.0667. The highest BCUT2D eigenvalue weighted by Crippen LogP contribution is 2.24. The van der Waals surface area contributed by atoms with E-state index >= 15 is 0 Å². The van der Waals surface area contributed by atoms with Gasteiger partial charge in [0.15, 0.2) is 5.82 Å². The van der Waals surface area contributed by atoms with E-state index in [0.29, 0.717) is 0 Å².